The van der Waals surface area contributed by atoms with Crippen LogP contribution in [-0.4, -0.2) is 76.7 Å². The summed E-state index contributed by atoms with van der Waals surface area (Å²) in [5.74, 6) is -4.06. The molecule has 1 spiro atoms. The number of amides is 3. The number of benzene rings is 2. The molecule has 3 amide bonds. The van der Waals surface area contributed by atoms with Crippen molar-refractivity contribution in [2.45, 2.75) is 69.0 Å². The average molecular weight is 727 g/mol. The summed E-state index contributed by atoms with van der Waals surface area (Å²) in [6, 6.07) is 13.5. The Kier molecular flexibility index (Phi) is 9.62. The monoisotopic (exact) mass is 725 g/mol. The zero-order valence-corrected chi connectivity index (χ0v) is 28.4. The van der Waals surface area contributed by atoms with Crippen LogP contribution < -0.4 is 10.2 Å². The maximum atomic E-state index is 14.9. The second-order valence-electron chi connectivity index (χ2n) is 12.4. The van der Waals surface area contributed by atoms with Gasteiger partial charge in [-0.25, -0.2) is 0 Å². The summed E-state index contributed by atoms with van der Waals surface area (Å²) >= 11 is 10.2. The van der Waals surface area contributed by atoms with Crippen molar-refractivity contribution in [3.8, 4) is 0 Å². The molecule has 0 radical (unpaired) electrons. The van der Waals surface area contributed by atoms with Crippen molar-refractivity contribution < 1.29 is 33.8 Å². The van der Waals surface area contributed by atoms with Gasteiger partial charge in [0.05, 0.1) is 35.3 Å². The molecule has 4 heterocycles. The fraction of sp³-hybridized carbons (Fsp3) is 0.429. The lowest BCUT2D eigenvalue weighted by molar-refractivity contribution is -0.161. The molecule has 248 valence electrons. The van der Waals surface area contributed by atoms with E-state index in [0.29, 0.717) is 33.6 Å². The van der Waals surface area contributed by atoms with E-state index in [2.05, 4.69) is 21.2 Å². The zero-order chi connectivity index (χ0) is 33.5. The Balaban J connectivity index is 1.50. The van der Waals surface area contributed by atoms with Crippen molar-refractivity contribution in [3.05, 3.63) is 87.9 Å². The van der Waals surface area contributed by atoms with Crippen molar-refractivity contribution >= 4 is 56.9 Å². The number of carbonyl (C=O) groups excluding carboxylic acids is 4. The Morgan fingerprint density at radius 2 is 1.77 bits per heavy atom. The Morgan fingerprint density at radius 3 is 2.47 bits per heavy atom. The Morgan fingerprint density at radius 1 is 1.04 bits per heavy atom. The number of nitrogens with zero attached hydrogens (tertiary/aromatic N) is 2. The van der Waals surface area contributed by atoms with Crippen molar-refractivity contribution in [1.29, 1.82) is 0 Å². The topological polar surface area (TPSA) is 125 Å². The first-order valence-corrected chi connectivity index (χ1v) is 17.0. The third kappa shape index (κ3) is 5.81. The summed E-state index contributed by atoms with van der Waals surface area (Å²) in [5.41, 5.74) is -0.424. The molecule has 2 aromatic carbocycles. The number of hydrogen-bond donors (Lipinski definition) is 2. The van der Waals surface area contributed by atoms with Gasteiger partial charge in [0.25, 0.3) is 5.91 Å². The first kappa shape index (κ1) is 33.4. The second kappa shape index (κ2) is 13.5. The van der Waals surface area contributed by atoms with E-state index in [1.807, 2.05) is 43.3 Å². The lowest BCUT2D eigenvalue weighted by Gasteiger charge is -2.38. The quantitative estimate of drug-likeness (QED) is 0.345. The number of nitrogens with one attached hydrogen (secondary N) is 1. The van der Waals surface area contributed by atoms with Gasteiger partial charge >= 0.3 is 5.97 Å². The fourth-order valence-corrected chi connectivity index (χ4v) is 8.33. The summed E-state index contributed by atoms with van der Waals surface area (Å²) < 4.78 is 13.3. The predicted octanol–water partition coefficient (Wildman–Crippen LogP) is 4.46. The minimum atomic E-state index is -1.52. The molecule has 0 unspecified atom stereocenters. The largest absolute Gasteiger partial charge is 0.455 e. The Bertz CT molecular complexity index is 1620. The van der Waals surface area contributed by atoms with Gasteiger partial charge in [-0.1, -0.05) is 89.1 Å². The molecule has 0 saturated carbocycles. The van der Waals surface area contributed by atoms with Crippen LogP contribution in [-0.2, 0) is 28.7 Å². The van der Waals surface area contributed by atoms with E-state index in [0.717, 1.165) is 0 Å². The molecule has 4 aliphatic heterocycles. The number of aliphatic hydroxyl groups is 1. The number of esters is 1. The lowest BCUT2D eigenvalue weighted by atomic mass is 9.74. The van der Waals surface area contributed by atoms with E-state index in [1.54, 1.807) is 43.3 Å². The smallest absolute Gasteiger partial charge is 0.313 e. The highest BCUT2D eigenvalue weighted by atomic mass is 79.9. The molecule has 8 atom stereocenters. The lowest BCUT2D eigenvalue weighted by Crippen LogP contribution is -2.58. The van der Waals surface area contributed by atoms with Gasteiger partial charge in [-0.3, -0.25) is 19.2 Å². The van der Waals surface area contributed by atoms with Gasteiger partial charge in [-0.05, 0) is 43.5 Å². The van der Waals surface area contributed by atoms with Crippen LogP contribution in [0.1, 0.15) is 44.8 Å². The highest BCUT2D eigenvalue weighted by molar-refractivity contribution is 9.11. The van der Waals surface area contributed by atoms with Gasteiger partial charge in [0.15, 0.2) is 0 Å². The van der Waals surface area contributed by atoms with Gasteiger partial charge in [0, 0.05) is 17.4 Å². The molecule has 0 aromatic heterocycles. The van der Waals surface area contributed by atoms with Crippen LogP contribution >= 0.6 is 27.5 Å². The molecular formula is C35H37BrClN3O7. The number of halogens is 2. The van der Waals surface area contributed by atoms with E-state index in [1.165, 1.54) is 9.80 Å². The molecule has 2 aromatic rings. The van der Waals surface area contributed by atoms with Gasteiger partial charge in [0.2, 0.25) is 11.8 Å². The predicted molar refractivity (Wildman–Crippen MR) is 178 cm³/mol. The van der Waals surface area contributed by atoms with Crippen LogP contribution in [0.4, 0.5) is 5.69 Å². The molecule has 2 fully saturated rings. The van der Waals surface area contributed by atoms with Crippen molar-refractivity contribution in [3.63, 3.8) is 0 Å². The molecule has 2 saturated heterocycles. The number of cyclic esters (lactones) is 1. The van der Waals surface area contributed by atoms with Crippen LogP contribution in [0.3, 0.4) is 0 Å². The van der Waals surface area contributed by atoms with Gasteiger partial charge < -0.3 is 29.7 Å². The van der Waals surface area contributed by atoms with Gasteiger partial charge in [-0.2, -0.15) is 0 Å². The summed E-state index contributed by atoms with van der Waals surface area (Å²) in [6.45, 7) is 3.29. The highest BCUT2D eigenvalue weighted by Gasteiger charge is 2.75. The molecule has 4 aliphatic rings. The van der Waals surface area contributed by atoms with Crippen LogP contribution in [0.25, 0.3) is 0 Å². The number of para-hydroxylation sites is 1. The maximum Gasteiger partial charge on any atom is 0.313 e. The standard InChI is InChI=1S/C35H37BrClN3O7/c1-3-22(19-41)40-31-33(44)39(25-15-10-9-14-24(25)37)17-11-5-8-16-26(42)38-20(2)29(21-12-6-4-7-13-21)46-34(45)27-28(32(40)43)35(31)18-23(36)30(27)47-35/h4-7,9-15,18,20,22,27-31,41H,3,8,16-17,19H2,1-2H3,(H,38,42)/b11-5-/t20-,22+,27+,28-,29+,30+,31+,35-/m1/s1. The minimum Gasteiger partial charge on any atom is -0.455 e. The summed E-state index contributed by atoms with van der Waals surface area (Å²) in [5, 5.41) is 13.8. The molecule has 2 N–H and O–H groups in total. The molecule has 5 bridgehead atoms. The van der Waals surface area contributed by atoms with Gasteiger partial charge in [-0.15, -0.1) is 0 Å². The molecule has 12 heteroatoms. The summed E-state index contributed by atoms with van der Waals surface area (Å²) in [7, 11) is 0. The van der Waals surface area contributed by atoms with E-state index in [4.69, 9.17) is 21.1 Å². The maximum absolute atomic E-state index is 14.9. The molecule has 0 aliphatic carbocycles. The third-order valence-corrected chi connectivity index (χ3v) is 10.6. The second-order valence-corrected chi connectivity index (χ2v) is 13.7. The zero-order valence-electron chi connectivity index (χ0n) is 26.1. The first-order valence-electron chi connectivity index (χ1n) is 15.9. The van der Waals surface area contributed by atoms with Gasteiger partial charge in [0.1, 0.15) is 29.8 Å². The van der Waals surface area contributed by atoms with Crippen molar-refractivity contribution in [2.24, 2.45) is 11.8 Å². The number of carbonyl (C=O) groups is 4. The van der Waals surface area contributed by atoms with Crippen molar-refractivity contribution in [1.82, 2.24) is 10.2 Å². The van der Waals surface area contributed by atoms with Crippen molar-refractivity contribution in [2.75, 3.05) is 18.1 Å². The summed E-state index contributed by atoms with van der Waals surface area (Å²) in [4.78, 5) is 59.7. The number of likely N-dealkylation sites (tertiary alicyclic amines) is 1. The molecule has 6 rings (SSSR count). The molecule has 47 heavy (non-hydrogen) atoms. The van der Waals surface area contributed by atoms with Crippen LogP contribution in [0, 0.1) is 11.8 Å². The van der Waals surface area contributed by atoms with E-state index in [-0.39, 0.29) is 18.9 Å². The van der Waals surface area contributed by atoms with E-state index < -0.39 is 72.2 Å². The SMILES string of the molecule is CC[C@@H](CO)N1C(=O)[C@H]2[C@@H]3C(=O)O[C@H](c4ccccc4)[C@@H](C)NC(=O)CC/C=C\CN(c4ccccc4Cl)C(=O)[C@H]1[C@@]21C=C(Br)[C@@H]3O1. The Hall–Kier alpha value is -3.51. The number of hydrogen-bond acceptors (Lipinski definition) is 7. The van der Waals surface area contributed by atoms with Crippen LogP contribution in [0.5, 0.6) is 0 Å². The third-order valence-electron chi connectivity index (χ3n) is 9.56. The minimum absolute atomic E-state index is 0.0889. The number of ether oxygens (including phenoxy) is 2. The number of rotatable bonds is 5. The first-order chi connectivity index (χ1) is 22.6. The van der Waals surface area contributed by atoms with E-state index >= 15 is 0 Å². The van der Waals surface area contributed by atoms with E-state index in [9.17, 15) is 24.3 Å². The van der Waals surface area contributed by atoms with Crippen LogP contribution in [0.2, 0.25) is 5.02 Å². The number of allylic oxidation sites excluding steroid dienone is 1. The Labute approximate surface area is 286 Å². The number of aliphatic hydroxyl groups excluding tert-OH is 1. The normalized spacial score (nSPS) is 32.5. The van der Waals surface area contributed by atoms with Crippen LogP contribution in [0.15, 0.2) is 77.3 Å². The summed E-state index contributed by atoms with van der Waals surface area (Å²) in [6.07, 6.45) is 4.52. The average Bonchev–Trinajstić information content (AvgIpc) is 3.66. The number of anilines is 1. The fourth-order valence-electron chi connectivity index (χ4n) is 7.36. The molecular weight excluding hydrogens is 690 g/mol. The highest BCUT2D eigenvalue weighted by Crippen LogP contribution is 2.59. The molecule has 10 nitrogen and oxygen atoms in total. The number of fused-ring (bicyclic) bond motifs is 2.